The molecule has 3 atom stereocenters. The number of carbonyl (C=O) groups excluding carboxylic acids is 1. The summed E-state index contributed by atoms with van der Waals surface area (Å²) in [4.78, 5) is 25.8. The summed E-state index contributed by atoms with van der Waals surface area (Å²) in [7, 11) is 0. The van der Waals surface area contributed by atoms with Gasteiger partial charge in [0.05, 0.1) is 6.10 Å². The van der Waals surface area contributed by atoms with Crippen molar-refractivity contribution in [2.75, 3.05) is 11.5 Å². The van der Waals surface area contributed by atoms with Gasteiger partial charge in [0, 0.05) is 21.8 Å². The number of aliphatic carboxylic acids is 1. The molecule has 3 N–H and O–H groups in total. The zero-order valence-electron chi connectivity index (χ0n) is 13.3. The number of rotatable bonds is 7. The molecule has 1 saturated heterocycles. The molecule has 0 saturated carbocycles. The molecular formula is C16H17NO5S3. The van der Waals surface area contributed by atoms with Crippen LogP contribution in [0.2, 0.25) is 0 Å². The lowest BCUT2D eigenvalue weighted by molar-refractivity contribution is -0.152. The van der Waals surface area contributed by atoms with Crippen LogP contribution in [-0.2, 0) is 9.59 Å². The Kier molecular flexibility index (Phi) is 5.29. The molecule has 0 spiro atoms. The topological polar surface area (TPSA) is 98.1 Å². The molecule has 2 heterocycles. The maximum absolute atomic E-state index is 12.6. The minimum Gasteiger partial charge on any atom is -0.507 e. The predicted octanol–water partition coefficient (Wildman–Crippen LogP) is 2.18. The number of fused-ring (bicyclic) bond motifs is 1. The highest BCUT2D eigenvalue weighted by atomic mass is 32.2. The fraction of sp³-hybridized carbons (Fsp3) is 0.375. The molecule has 0 aromatic heterocycles. The van der Waals surface area contributed by atoms with Crippen LogP contribution in [-0.4, -0.2) is 59.8 Å². The van der Waals surface area contributed by atoms with Crippen molar-refractivity contribution in [2.24, 2.45) is 0 Å². The van der Waals surface area contributed by atoms with E-state index in [9.17, 15) is 19.8 Å². The number of β-lactam (4-membered cyclic amide) rings is 1. The molecule has 1 aromatic rings. The molecule has 0 bridgehead atoms. The summed E-state index contributed by atoms with van der Waals surface area (Å²) in [5.74, 6) is -0.0366. The Hall–Kier alpha value is -1.29. The number of carboxylic acids is 1. The van der Waals surface area contributed by atoms with Gasteiger partial charge in [-0.25, -0.2) is 4.79 Å². The Morgan fingerprint density at radius 1 is 1.40 bits per heavy atom. The molecule has 1 amide bonds. The van der Waals surface area contributed by atoms with Crippen LogP contribution >= 0.6 is 35.3 Å². The van der Waals surface area contributed by atoms with E-state index in [0.29, 0.717) is 11.5 Å². The van der Waals surface area contributed by atoms with E-state index < -0.39 is 22.2 Å². The number of carbonyl (C=O) groups is 2. The molecule has 2 aliphatic rings. The molecule has 1 aromatic carbocycles. The summed E-state index contributed by atoms with van der Waals surface area (Å²) in [5, 5.41) is 30.2. The second kappa shape index (κ2) is 7.14. The monoisotopic (exact) mass is 399 g/mol. The van der Waals surface area contributed by atoms with Gasteiger partial charge in [0.25, 0.3) is 0 Å². The van der Waals surface area contributed by atoms with Gasteiger partial charge in [-0.05, 0) is 19.1 Å². The van der Waals surface area contributed by atoms with Crippen LogP contribution in [0.3, 0.4) is 0 Å². The van der Waals surface area contributed by atoms with Crippen molar-refractivity contribution < 1.29 is 24.9 Å². The van der Waals surface area contributed by atoms with Crippen molar-refractivity contribution in [1.29, 1.82) is 0 Å². The van der Waals surface area contributed by atoms with Crippen LogP contribution in [0.5, 0.6) is 5.75 Å². The number of nitrogens with zero attached hydrogens (tertiary/aromatic N) is 1. The number of phenolic OH excluding ortho intramolecular Hbond substituents is 1. The maximum atomic E-state index is 12.6. The van der Waals surface area contributed by atoms with Crippen LogP contribution in [0.1, 0.15) is 6.92 Å². The first-order valence-electron chi connectivity index (χ1n) is 7.55. The van der Waals surface area contributed by atoms with Crippen molar-refractivity contribution in [2.45, 2.75) is 28.0 Å². The van der Waals surface area contributed by atoms with Crippen LogP contribution < -0.4 is 0 Å². The Bertz CT molecular complexity index is 738. The molecule has 1 unspecified atom stereocenters. The molecule has 1 fully saturated rings. The Morgan fingerprint density at radius 3 is 2.76 bits per heavy atom. The Balaban J connectivity index is 1.63. The van der Waals surface area contributed by atoms with Crippen molar-refractivity contribution in [3.8, 4) is 5.75 Å². The predicted molar refractivity (Wildman–Crippen MR) is 99.6 cm³/mol. The number of para-hydroxylation sites is 1. The number of thioether (sulfide) groups is 3. The first-order valence-corrected chi connectivity index (χ1v) is 10.5. The van der Waals surface area contributed by atoms with Crippen LogP contribution in [0, 0.1) is 0 Å². The first-order chi connectivity index (χ1) is 11.9. The molecule has 2 aliphatic heterocycles. The zero-order chi connectivity index (χ0) is 18.2. The van der Waals surface area contributed by atoms with Gasteiger partial charge < -0.3 is 15.3 Å². The average Bonchev–Trinajstić information content (AvgIpc) is 2.97. The molecule has 0 radical (unpaired) electrons. The summed E-state index contributed by atoms with van der Waals surface area (Å²) in [6.45, 7) is 1.57. The van der Waals surface area contributed by atoms with E-state index in [-0.39, 0.29) is 17.4 Å². The number of phenols is 1. The van der Waals surface area contributed by atoms with Crippen molar-refractivity contribution in [3.05, 3.63) is 35.4 Å². The maximum Gasteiger partial charge on any atom is 0.353 e. The second-order valence-corrected chi connectivity index (χ2v) is 9.07. The van der Waals surface area contributed by atoms with Crippen LogP contribution in [0.15, 0.2) is 40.3 Å². The molecule has 6 nitrogen and oxygen atoms in total. The number of amides is 1. The highest BCUT2D eigenvalue weighted by Gasteiger charge is 2.67. The summed E-state index contributed by atoms with van der Waals surface area (Å²) >= 11 is 4.09. The lowest BCUT2D eigenvalue weighted by atomic mass is 9.91. The van der Waals surface area contributed by atoms with Gasteiger partial charge in [-0.3, -0.25) is 9.69 Å². The third-order valence-corrected chi connectivity index (χ3v) is 8.41. The minimum absolute atomic E-state index is 0.0274. The van der Waals surface area contributed by atoms with E-state index in [1.54, 1.807) is 19.1 Å². The van der Waals surface area contributed by atoms with Gasteiger partial charge in [-0.1, -0.05) is 12.1 Å². The third-order valence-electron chi connectivity index (χ3n) is 4.11. The summed E-state index contributed by atoms with van der Waals surface area (Å²) in [5.41, 5.74) is -0.0274. The molecular weight excluding hydrogens is 382 g/mol. The summed E-state index contributed by atoms with van der Waals surface area (Å²) in [6, 6.07) is 7.03. The van der Waals surface area contributed by atoms with E-state index in [4.69, 9.17) is 5.11 Å². The lowest BCUT2D eigenvalue weighted by Crippen LogP contribution is -2.73. The van der Waals surface area contributed by atoms with Gasteiger partial charge in [-0.15, -0.1) is 35.3 Å². The van der Waals surface area contributed by atoms with E-state index in [2.05, 4.69) is 0 Å². The van der Waals surface area contributed by atoms with Crippen molar-refractivity contribution >= 4 is 47.2 Å². The van der Waals surface area contributed by atoms with Gasteiger partial charge in [-0.2, -0.15) is 0 Å². The molecule has 3 rings (SSSR count). The number of carboxylic acid groups (broad SMARTS) is 1. The molecule has 0 aliphatic carbocycles. The normalized spacial score (nSPS) is 26.0. The minimum atomic E-state index is -1.14. The number of aliphatic hydroxyl groups is 1. The number of hydrogen-bond acceptors (Lipinski definition) is 7. The van der Waals surface area contributed by atoms with E-state index >= 15 is 0 Å². The first kappa shape index (κ1) is 18.5. The van der Waals surface area contributed by atoms with Crippen LogP contribution in [0.4, 0.5) is 0 Å². The summed E-state index contributed by atoms with van der Waals surface area (Å²) in [6.07, 6.45) is -0.893. The van der Waals surface area contributed by atoms with Crippen molar-refractivity contribution in [3.63, 3.8) is 0 Å². The number of hydrogen-bond donors (Lipinski definition) is 3. The lowest BCUT2D eigenvalue weighted by Gasteiger charge is -2.53. The Morgan fingerprint density at radius 2 is 2.12 bits per heavy atom. The number of aliphatic hydroxyl groups excluding tert-OH is 1. The largest absolute Gasteiger partial charge is 0.507 e. The van der Waals surface area contributed by atoms with Gasteiger partial charge in [0.15, 0.2) is 4.75 Å². The fourth-order valence-electron chi connectivity index (χ4n) is 2.84. The van der Waals surface area contributed by atoms with Gasteiger partial charge in [0.1, 0.15) is 16.8 Å². The highest BCUT2D eigenvalue weighted by Crippen LogP contribution is 2.55. The van der Waals surface area contributed by atoms with E-state index in [0.717, 1.165) is 4.90 Å². The third kappa shape index (κ3) is 3.03. The highest BCUT2D eigenvalue weighted by molar-refractivity contribution is 8.07. The second-order valence-electron chi connectivity index (χ2n) is 5.61. The molecule has 25 heavy (non-hydrogen) atoms. The van der Waals surface area contributed by atoms with Gasteiger partial charge >= 0.3 is 5.97 Å². The number of benzene rings is 1. The molecule has 9 heteroatoms. The van der Waals surface area contributed by atoms with Crippen molar-refractivity contribution in [1.82, 2.24) is 4.90 Å². The smallest absolute Gasteiger partial charge is 0.353 e. The van der Waals surface area contributed by atoms with E-state index in [1.165, 1.54) is 45.6 Å². The summed E-state index contributed by atoms with van der Waals surface area (Å²) < 4.78 is -1.03. The van der Waals surface area contributed by atoms with E-state index in [1.807, 2.05) is 12.1 Å². The standard InChI is InChI=1S/C16H17NO5S3/c1-9(18)16(14(22)17-10(13(20)21)8-24-15(16)17)25-7-6-23-12-5-3-2-4-11(12)19/h2-5,8-9,15,18-19H,6-7H2,1H3,(H,20,21)/t9?,15-,16+/m1/s1. The molecule has 134 valence electrons. The average molecular weight is 400 g/mol. The number of aromatic hydroxyl groups is 1. The van der Waals surface area contributed by atoms with Crippen LogP contribution in [0.25, 0.3) is 0 Å². The Labute approximate surface area is 157 Å². The zero-order valence-corrected chi connectivity index (χ0v) is 15.7. The SMILES string of the molecule is CC(O)[C@]1(SCCSc2ccccc2O)C(=O)N2C(C(=O)O)=CS[C@@H]21. The van der Waals surface area contributed by atoms with Gasteiger partial charge in [0.2, 0.25) is 5.91 Å². The quantitative estimate of drug-likeness (QED) is 0.365. The fourth-order valence-corrected chi connectivity index (χ4v) is 6.84.